The summed E-state index contributed by atoms with van der Waals surface area (Å²) in [6, 6.07) is 10.6. The summed E-state index contributed by atoms with van der Waals surface area (Å²) < 4.78 is 0. The van der Waals surface area contributed by atoms with Gasteiger partial charge in [0.25, 0.3) is 0 Å². The van der Waals surface area contributed by atoms with Gasteiger partial charge in [0.15, 0.2) is 0 Å². The minimum Gasteiger partial charge on any atom is -0.127 e. The first kappa shape index (κ1) is 15.8. The molecule has 1 aromatic rings. The standard InChI is InChI=1S/C18H23Cl/c1-18(2,16-17-12-8-7-9-13-17)14-10-5-3-4-6-11-15-19/h3-5,7-9,12-14H,6,11,15-16H2,1-2H3/b4-3+. The Bertz CT molecular complexity index is 434. The maximum absolute atomic E-state index is 5.61. The lowest BCUT2D eigenvalue weighted by Gasteiger charge is -2.18. The molecule has 0 spiro atoms. The highest BCUT2D eigenvalue weighted by atomic mass is 35.5. The highest BCUT2D eigenvalue weighted by molar-refractivity contribution is 6.17. The Balaban J connectivity index is 2.49. The molecule has 0 atom stereocenters. The maximum Gasteiger partial charge on any atom is 0.0226 e. The van der Waals surface area contributed by atoms with E-state index in [1.165, 1.54) is 5.56 Å². The molecule has 0 amide bonds. The fourth-order valence-corrected chi connectivity index (χ4v) is 2.02. The summed E-state index contributed by atoms with van der Waals surface area (Å²) >= 11 is 5.61. The van der Waals surface area contributed by atoms with E-state index in [1.54, 1.807) is 0 Å². The number of halogens is 1. The van der Waals surface area contributed by atoms with E-state index in [4.69, 9.17) is 11.6 Å². The van der Waals surface area contributed by atoms with Gasteiger partial charge in [-0.1, -0.05) is 56.3 Å². The van der Waals surface area contributed by atoms with Crippen molar-refractivity contribution in [1.29, 1.82) is 0 Å². The van der Waals surface area contributed by atoms with Crippen molar-refractivity contribution in [3.63, 3.8) is 0 Å². The molecule has 0 aliphatic rings. The highest BCUT2D eigenvalue weighted by Crippen LogP contribution is 2.22. The van der Waals surface area contributed by atoms with Crippen LogP contribution < -0.4 is 0 Å². The van der Waals surface area contributed by atoms with Crippen molar-refractivity contribution in [1.82, 2.24) is 0 Å². The number of benzene rings is 1. The molecule has 1 rings (SSSR count). The Morgan fingerprint density at radius 1 is 1.21 bits per heavy atom. The van der Waals surface area contributed by atoms with E-state index in [0.717, 1.165) is 25.1 Å². The number of hydrogen-bond donors (Lipinski definition) is 0. The topological polar surface area (TPSA) is 0 Å². The summed E-state index contributed by atoms with van der Waals surface area (Å²) in [5.74, 6) is 0.730. The monoisotopic (exact) mass is 274 g/mol. The Hall–Kier alpha value is -1.23. The molecule has 0 bridgehead atoms. The average Bonchev–Trinajstić information content (AvgIpc) is 2.38. The second kappa shape index (κ2) is 8.80. The summed E-state index contributed by atoms with van der Waals surface area (Å²) in [6.07, 6.45) is 11.4. The molecule has 0 aliphatic carbocycles. The van der Waals surface area contributed by atoms with E-state index in [0.29, 0.717) is 0 Å². The summed E-state index contributed by atoms with van der Waals surface area (Å²) in [5, 5.41) is 0. The van der Waals surface area contributed by atoms with E-state index in [9.17, 15) is 0 Å². The third kappa shape index (κ3) is 7.72. The predicted molar refractivity (Wildman–Crippen MR) is 85.7 cm³/mol. The van der Waals surface area contributed by atoms with E-state index in [1.807, 2.05) is 12.2 Å². The average molecular weight is 275 g/mol. The van der Waals surface area contributed by atoms with Gasteiger partial charge in [-0.3, -0.25) is 0 Å². The molecule has 0 nitrogen and oxygen atoms in total. The Morgan fingerprint density at radius 2 is 1.95 bits per heavy atom. The third-order valence-corrected chi connectivity index (χ3v) is 3.08. The lowest BCUT2D eigenvalue weighted by atomic mass is 9.86. The normalized spacial score (nSPS) is 11.3. The first-order valence-corrected chi connectivity index (χ1v) is 7.36. The van der Waals surface area contributed by atoms with Gasteiger partial charge in [-0.2, -0.15) is 0 Å². The molecule has 0 saturated carbocycles. The molecule has 0 N–H and O–H groups in total. The molecule has 0 fully saturated rings. The first-order valence-electron chi connectivity index (χ1n) is 6.83. The number of allylic oxidation sites excluding steroid dienone is 3. The molecule has 1 aromatic carbocycles. The van der Waals surface area contributed by atoms with Gasteiger partial charge in [0.2, 0.25) is 0 Å². The van der Waals surface area contributed by atoms with Crippen LogP contribution in [-0.4, -0.2) is 5.88 Å². The molecule has 0 heterocycles. The van der Waals surface area contributed by atoms with Crippen LogP contribution in [0.4, 0.5) is 0 Å². The van der Waals surface area contributed by atoms with Crippen LogP contribution in [0.15, 0.2) is 60.4 Å². The van der Waals surface area contributed by atoms with Crippen molar-refractivity contribution < 1.29 is 0 Å². The number of hydrogen-bond acceptors (Lipinski definition) is 0. The third-order valence-electron chi connectivity index (χ3n) is 2.81. The Kier molecular flexibility index (Phi) is 7.33. The first-order chi connectivity index (χ1) is 9.14. The van der Waals surface area contributed by atoms with Gasteiger partial charge in [-0.05, 0) is 42.4 Å². The van der Waals surface area contributed by atoms with Crippen molar-refractivity contribution in [3.8, 4) is 0 Å². The number of rotatable bonds is 7. The Labute approximate surface area is 122 Å². The zero-order valence-electron chi connectivity index (χ0n) is 11.9. The van der Waals surface area contributed by atoms with Gasteiger partial charge in [-0.25, -0.2) is 0 Å². The van der Waals surface area contributed by atoms with Crippen LogP contribution >= 0.6 is 11.6 Å². The zero-order valence-corrected chi connectivity index (χ0v) is 12.7. The highest BCUT2D eigenvalue weighted by Gasteiger charge is 2.13. The summed E-state index contributed by atoms with van der Waals surface area (Å²) in [4.78, 5) is 0. The van der Waals surface area contributed by atoms with Crippen molar-refractivity contribution in [2.24, 2.45) is 5.41 Å². The minimum atomic E-state index is 0.127. The fourth-order valence-electron chi connectivity index (χ4n) is 1.86. The molecule has 102 valence electrons. The molecule has 0 radical (unpaired) electrons. The van der Waals surface area contributed by atoms with Crippen molar-refractivity contribution in [2.45, 2.75) is 33.1 Å². The fraction of sp³-hybridized carbons (Fsp3) is 0.389. The summed E-state index contributed by atoms with van der Waals surface area (Å²) in [5.41, 5.74) is 4.74. The van der Waals surface area contributed by atoms with E-state index in [-0.39, 0.29) is 5.41 Å². The van der Waals surface area contributed by atoms with Crippen LogP contribution in [0, 0.1) is 5.41 Å². The van der Waals surface area contributed by atoms with Crippen LogP contribution in [0.3, 0.4) is 0 Å². The number of unbranched alkanes of at least 4 members (excludes halogenated alkanes) is 1. The zero-order chi connectivity index (χ0) is 14.0. The van der Waals surface area contributed by atoms with Crippen LogP contribution in [0.5, 0.6) is 0 Å². The quantitative estimate of drug-likeness (QED) is 0.265. The van der Waals surface area contributed by atoms with Gasteiger partial charge in [0, 0.05) is 5.88 Å². The molecule has 0 saturated heterocycles. The minimum absolute atomic E-state index is 0.127. The van der Waals surface area contributed by atoms with Gasteiger partial charge >= 0.3 is 0 Å². The molecule has 19 heavy (non-hydrogen) atoms. The lowest BCUT2D eigenvalue weighted by Crippen LogP contribution is -2.10. The number of alkyl halides is 1. The van der Waals surface area contributed by atoms with Crippen molar-refractivity contribution >= 4 is 11.6 Å². The van der Waals surface area contributed by atoms with Gasteiger partial charge in [0.05, 0.1) is 0 Å². The van der Waals surface area contributed by atoms with E-state index in [2.05, 4.69) is 62.1 Å². The van der Waals surface area contributed by atoms with Crippen LogP contribution in [0.2, 0.25) is 0 Å². The maximum atomic E-state index is 5.61. The van der Waals surface area contributed by atoms with Crippen LogP contribution in [0.25, 0.3) is 0 Å². The largest absolute Gasteiger partial charge is 0.127 e. The van der Waals surface area contributed by atoms with Gasteiger partial charge in [0.1, 0.15) is 0 Å². The van der Waals surface area contributed by atoms with Crippen LogP contribution in [-0.2, 0) is 6.42 Å². The Morgan fingerprint density at radius 3 is 2.63 bits per heavy atom. The van der Waals surface area contributed by atoms with Crippen LogP contribution in [0.1, 0.15) is 32.3 Å². The molecular weight excluding hydrogens is 252 g/mol. The van der Waals surface area contributed by atoms with Gasteiger partial charge in [-0.15, -0.1) is 17.3 Å². The lowest BCUT2D eigenvalue weighted by molar-refractivity contribution is 0.478. The summed E-state index contributed by atoms with van der Waals surface area (Å²) in [6.45, 7) is 4.47. The smallest absolute Gasteiger partial charge is 0.0226 e. The molecule has 0 unspecified atom stereocenters. The second-order valence-corrected chi connectivity index (χ2v) is 5.77. The molecule has 0 aliphatic heterocycles. The molecular formula is C18H23Cl. The van der Waals surface area contributed by atoms with E-state index < -0.39 is 0 Å². The molecule has 0 aromatic heterocycles. The SMILES string of the molecule is CC(C)(C=C=C/C=C/CCCCl)Cc1ccccc1. The van der Waals surface area contributed by atoms with E-state index >= 15 is 0 Å². The van der Waals surface area contributed by atoms with Crippen molar-refractivity contribution in [3.05, 3.63) is 65.9 Å². The predicted octanol–water partition coefficient (Wildman–Crippen LogP) is 5.54. The molecule has 1 heteroatoms. The van der Waals surface area contributed by atoms with Gasteiger partial charge < -0.3 is 0 Å². The second-order valence-electron chi connectivity index (χ2n) is 5.39. The summed E-state index contributed by atoms with van der Waals surface area (Å²) in [7, 11) is 0. The van der Waals surface area contributed by atoms with Crippen molar-refractivity contribution in [2.75, 3.05) is 5.88 Å².